The van der Waals surface area contributed by atoms with Gasteiger partial charge in [0.15, 0.2) is 5.71 Å². The Bertz CT molecular complexity index is 2040. The summed E-state index contributed by atoms with van der Waals surface area (Å²) in [5.74, 6) is -1.04. The third kappa shape index (κ3) is 6.67. The molecule has 48 heavy (non-hydrogen) atoms. The fourth-order valence-corrected chi connectivity index (χ4v) is 7.03. The maximum Gasteiger partial charge on any atom is 0.323 e. The molecule has 0 radical (unpaired) electrons. The Kier molecular flexibility index (Phi) is 9.44. The van der Waals surface area contributed by atoms with Gasteiger partial charge in [0.2, 0.25) is 5.69 Å². The minimum Gasteiger partial charge on any atom is -0.480 e. The summed E-state index contributed by atoms with van der Waals surface area (Å²) in [6.07, 6.45) is 11.6. The molecule has 0 bridgehead atoms. The van der Waals surface area contributed by atoms with Crippen LogP contribution in [0.5, 0.6) is 0 Å². The average Bonchev–Trinajstić information content (AvgIpc) is 3.36. The average molecular weight is 668 g/mol. The molecular weight excluding hydrogens is 628 g/mol. The standard InChI is InChI=1S/C38H38N2O7S/c1-26-17-19-33-30(21-26)37(2,3)35(40(33)24-47-25-41)16-10-14-28(27-11-7-6-8-12-27)13-9-15-34-38(4,5)31-22-29(48(44,45)46)18-20-32(31)39(34)23-36(42)43/h6-22,25H,23-24H2,1-5H3,(H-,42,43,44,45,46)/p+1. The van der Waals surface area contributed by atoms with Gasteiger partial charge in [-0.05, 0) is 67.8 Å². The first-order valence-corrected chi connectivity index (χ1v) is 16.9. The van der Waals surface area contributed by atoms with Crippen LogP contribution in [-0.2, 0) is 35.3 Å². The smallest absolute Gasteiger partial charge is 0.323 e. The van der Waals surface area contributed by atoms with Crippen molar-refractivity contribution in [2.24, 2.45) is 0 Å². The molecule has 0 saturated heterocycles. The second-order valence-corrected chi connectivity index (χ2v) is 14.3. The number of rotatable bonds is 11. The zero-order valence-electron chi connectivity index (χ0n) is 27.5. The molecule has 2 aliphatic heterocycles. The molecule has 2 N–H and O–H groups in total. The summed E-state index contributed by atoms with van der Waals surface area (Å²) >= 11 is 0. The number of aliphatic carboxylic acids is 1. The molecule has 0 fully saturated rings. The first-order chi connectivity index (χ1) is 22.7. The van der Waals surface area contributed by atoms with Crippen molar-refractivity contribution in [3.63, 3.8) is 0 Å². The predicted octanol–water partition coefficient (Wildman–Crippen LogP) is 6.71. The van der Waals surface area contributed by atoms with E-state index in [9.17, 15) is 27.7 Å². The number of benzene rings is 3. The van der Waals surface area contributed by atoms with Crippen molar-refractivity contribution in [2.45, 2.75) is 50.3 Å². The monoisotopic (exact) mass is 667 g/mol. The molecule has 0 aliphatic carbocycles. The van der Waals surface area contributed by atoms with Gasteiger partial charge in [-0.2, -0.15) is 13.0 Å². The molecule has 3 aromatic carbocycles. The SMILES string of the molecule is Cc1ccc2c(c1)C(C)(C)C(/C=C/C=C(/C=C/C=C1/N(CC(=O)O)c3ccc(S(=O)(=O)O)cc3C1(C)C)c1ccccc1)=[N+]2COC=O. The van der Waals surface area contributed by atoms with Gasteiger partial charge < -0.3 is 14.7 Å². The third-order valence-electron chi connectivity index (χ3n) is 8.94. The van der Waals surface area contributed by atoms with E-state index in [4.69, 9.17) is 4.74 Å². The highest BCUT2D eigenvalue weighted by molar-refractivity contribution is 7.85. The van der Waals surface area contributed by atoms with E-state index in [-0.39, 0.29) is 23.6 Å². The number of hydrogen-bond acceptors (Lipinski definition) is 6. The van der Waals surface area contributed by atoms with E-state index < -0.39 is 21.5 Å². The first kappa shape index (κ1) is 34.3. The molecular formula is C38H39N2O7S+. The van der Waals surface area contributed by atoms with Gasteiger partial charge in [-0.1, -0.05) is 80.1 Å². The van der Waals surface area contributed by atoms with E-state index in [1.807, 2.05) is 97.3 Å². The van der Waals surface area contributed by atoms with Crippen LogP contribution < -0.4 is 4.90 Å². The van der Waals surface area contributed by atoms with E-state index in [0.29, 0.717) is 23.4 Å². The molecule has 0 spiro atoms. The van der Waals surface area contributed by atoms with Crippen molar-refractivity contribution in [3.8, 4) is 0 Å². The zero-order chi connectivity index (χ0) is 34.9. The quantitative estimate of drug-likeness (QED) is 0.100. The van der Waals surface area contributed by atoms with E-state index in [1.165, 1.54) is 18.2 Å². The normalized spacial score (nSPS) is 17.8. The van der Waals surface area contributed by atoms with Crippen LogP contribution >= 0.6 is 0 Å². The van der Waals surface area contributed by atoms with Crippen molar-refractivity contribution < 1.29 is 37.0 Å². The second-order valence-electron chi connectivity index (χ2n) is 12.9. The Hall–Kier alpha value is -5.06. The summed E-state index contributed by atoms with van der Waals surface area (Å²) in [6.45, 7) is 10.3. The molecule has 248 valence electrons. The van der Waals surface area contributed by atoms with Gasteiger partial charge in [-0.3, -0.25) is 14.1 Å². The van der Waals surface area contributed by atoms with Crippen LogP contribution in [0.3, 0.4) is 0 Å². The van der Waals surface area contributed by atoms with Gasteiger partial charge in [-0.15, -0.1) is 0 Å². The number of carbonyl (C=O) groups excluding carboxylic acids is 1. The Morgan fingerprint density at radius 1 is 0.958 bits per heavy atom. The number of fused-ring (bicyclic) bond motifs is 2. The van der Waals surface area contributed by atoms with Gasteiger partial charge in [0.05, 0.1) is 10.3 Å². The highest BCUT2D eigenvalue weighted by Crippen LogP contribution is 2.48. The largest absolute Gasteiger partial charge is 0.480 e. The van der Waals surface area contributed by atoms with Crippen molar-refractivity contribution in [3.05, 3.63) is 131 Å². The van der Waals surface area contributed by atoms with Crippen LogP contribution in [0.1, 0.15) is 49.9 Å². The van der Waals surface area contributed by atoms with Crippen LogP contribution in [0.15, 0.2) is 114 Å². The molecule has 0 atom stereocenters. The lowest BCUT2D eigenvalue weighted by molar-refractivity contribution is -0.479. The zero-order valence-corrected chi connectivity index (χ0v) is 28.4. The molecule has 5 rings (SSSR count). The number of carboxylic acids is 1. The lowest BCUT2D eigenvalue weighted by Gasteiger charge is -2.25. The highest BCUT2D eigenvalue weighted by Gasteiger charge is 2.45. The summed E-state index contributed by atoms with van der Waals surface area (Å²) in [5, 5.41) is 9.72. The Balaban J connectivity index is 1.55. The molecule has 0 amide bonds. The first-order valence-electron chi connectivity index (χ1n) is 15.4. The minimum absolute atomic E-state index is 0.0855. The number of anilines is 1. The summed E-state index contributed by atoms with van der Waals surface area (Å²) < 4.78 is 40.6. The van der Waals surface area contributed by atoms with Crippen molar-refractivity contribution >= 4 is 45.2 Å². The number of hydrogen-bond donors (Lipinski definition) is 2. The maximum absolute atomic E-state index is 11.9. The lowest BCUT2D eigenvalue weighted by atomic mass is 9.81. The van der Waals surface area contributed by atoms with Gasteiger partial charge in [0.1, 0.15) is 6.54 Å². The van der Waals surface area contributed by atoms with E-state index >= 15 is 0 Å². The van der Waals surface area contributed by atoms with Crippen LogP contribution in [0, 0.1) is 6.92 Å². The molecule has 0 saturated carbocycles. The molecule has 3 aromatic rings. The Morgan fingerprint density at radius 3 is 2.35 bits per heavy atom. The summed E-state index contributed by atoms with van der Waals surface area (Å²) in [5.41, 5.74) is 6.79. The minimum atomic E-state index is -4.45. The summed E-state index contributed by atoms with van der Waals surface area (Å²) in [4.78, 5) is 24.4. The van der Waals surface area contributed by atoms with Gasteiger partial charge in [0.25, 0.3) is 23.3 Å². The van der Waals surface area contributed by atoms with Crippen LogP contribution in [0.25, 0.3) is 5.57 Å². The number of aryl methyl sites for hydroxylation is 1. The molecule has 2 heterocycles. The number of allylic oxidation sites excluding steroid dienone is 8. The molecule has 2 aliphatic rings. The van der Waals surface area contributed by atoms with Gasteiger partial charge in [-0.25, -0.2) is 0 Å². The second kappa shape index (κ2) is 13.2. The highest BCUT2D eigenvalue weighted by atomic mass is 32.2. The third-order valence-corrected chi connectivity index (χ3v) is 9.79. The number of nitrogens with zero attached hydrogens (tertiary/aromatic N) is 2. The lowest BCUT2D eigenvalue weighted by Crippen LogP contribution is -2.30. The van der Waals surface area contributed by atoms with Crippen LogP contribution in [0.2, 0.25) is 0 Å². The molecule has 10 heteroatoms. The van der Waals surface area contributed by atoms with Gasteiger partial charge >= 0.3 is 5.97 Å². The van der Waals surface area contributed by atoms with Crippen molar-refractivity contribution in [2.75, 3.05) is 18.2 Å². The van der Waals surface area contributed by atoms with Gasteiger partial charge in [0, 0.05) is 34.5 Å². The fraction of sp³-hybridized carbons (Fsp3) is 0.237. The Labute approximate surface area is 281 Å². The van der Waals surface area contributed by atoms with E-state index in [0.717, 1.165) is 33.7 Å². The predicted molar refractivity (Wildman–Crippen MR) is 186 cm³/mol. The topological polar surface area (TPSA) is 124 Å². The number of carbonyl (C=O) groups is 2. The molecule has 0 aromatic heterocycles. The van der Waals surface area contributed by atoms with Crippen LogP contribution in [-0.4, -0.2) is 54.1 Å². The van der Waals surface area contributed by atoms with Crippen molar-refractivity contribution in [1.29, 1.82) is 0 Å². The summed E-state index contributed by atoms with van der Waals surface area (Å²) in [7, 11) is -4.45. The van der Waals surface area contributed by atoms with Crippen molar-refractivity contribution in [1.82, 2.24) is 0 Å². The maximum atomic E-state index is 11.9. The van der Waals surface area contributed by atoms with E-state index in [1.54, 1.807) is 4.90 Å². The number of ether oxygens (including phenoxy) is 1. The molecule has 0 unspecified atom stereocenters. The summed E-state index contributed by atoms with van der Waals surface area (Å²) in [6, 6.07) is 20.3. The fourth-order valence-electron chi connectivity index (χ4n) is 6.52. The molecule has 9 nitrogen and oxygen atoms in total. The van der Waals surface area contributed by atoms with E-state index in [2.05, 4.69) is 26.8 Å². The van der Waals surface area contributed by atoms with Crippen LogP contribution in [0.4, 0.5) is 11.4 Å². The number of carboxylic acid groups (broad SMARTS) is 1. The Morgan fingerprint density at radius 2 is 1.69 bits per heavy atom.